The van der Waals surface area contributed by atoms with Crippen molar-refractivity contribution in [2.75, 3.05) is 44.7 Å². The number of hydrogen-bond acceptors (Lipinski definition) is 5. The summed E-state index contributed by atoms with van der Waals surface area (Å²) in [6, 6.07) is 1.99. The molecule has 5 nitrogen and oxygen atoms in total. The molecule has 0 spiro atoms. The van der Waals surface area contributed by atoms with Gasteiger partial charge in [0.1, 0.15) is 5.82 Å². The van der Waals surface area contributed by atoms with Crippen molar-refractivity contribution in [3.8, 4) is 0 Å². The van der Waals surface area contributed by atoms with Crippen LogP contribution in [0.4, 0.5) is 5.82 Å². The van der Waals surface area contributed by atoms with E-state index in [1.165, 1.54) is 0 Å². The van der Waals surface area contributed by atoms with Gasteiger partial charge in [0.2, 0.25) is 5.28 Å². The summed E-state index contributed by atoms with van der Waals surface area (Å²) in [7, 11) is 0. The Bertz CT molecular complexity index is 410. The normalized spacial score (nSPS) is 16.3. The molecule has 6 heteroatoms. The zero-order valence-corrected chi connectivity index (χ0v) is 12.8. The molecule has 20 heavy (non-hydrogen) atoms. The van der Waals surface area contributed by atoms with Gasteiger partial charge in [-0.1, -0.05) is 13.3 Å². The second-order valence-electron chi connectivity index (χ2n) is 5.00. The van der Waals surface area contributed by atoms with Gasteiger partial charge in [-0.3, -0.25) is 4.90 Å². The monoisotopic (exact) mass is 298 g/mol. The molecule has 1 saturated heterocycles. The predicted octanol–water partition coefficient (Wildman–Crippen LogP) is 2.22. The molecule has 1 N–H and O–H groups in total. The Kier molecular flexibility index (Phi) is 6.50. The van der Waals surface area contributed by atoms with Crippen molar-refractivity contribution in [1.29, 1.82) is 0 Å². The molecule has 2 rings (SSSR count). The van der Waals surface area contributed by atoms with Crippen LogP contribution in [0.2, 0.25) is 5.28 Å². The van der Waals surface area contributed by atoms with E-state index in [0.717, 1.165) is 70.2 Å². The first-order chi connectivity index (χ1) is 9.78. The summed E-state index contributed by atoms with van der Waals surface area (Å²) in [5.74, 6) is 0.829. The van der Waals surface area contributed by atoms with Gasteiger partial charge in [-0.05, 0) is 31.0 Å². The average molecular weight is 299 g/mol. The molecular weight excluding hydrogens is 276 g/mol. The Morgan fingerprint density at radius 1 is 1.35 bits per heavy atom. The summed E-state index contributed by atoms with van der Waals surface area (Å²) in [4.78, 5) is 10.9. The van der Waals surface area contributed by atoms with Crippen LogP contribution in [0.1, 0.15) is 25.5 Å². The Morgan fingerprint density at radius 3 is 2.90 bits per heavy atom. The number of aromatic nitrogens is 2. The van der Waals surface area contributed by atoms with Crippen LogP contribution in [-0.4, -0.2) is 54.3 Å². The fourth-order valence-corrected chi connectivity index (χ4v) is 2.48. The number of nitrogens with one attached hydrogen (secondary N) is 1. The number of anilines is 1. The number of nitrogens with zero attached hydrogens (tertiary/aromatic N) is 3. The van der Waals surface area contributed by atoms with E-state index in [4.69, 9.17) is 16.3 Å². The summed E-state index contributed by atoms with van der Waals surface area (Å²) in [5, 5.41) is 3.66. The Hall–Kier alpha value is -0.910. The van der Waals surface area contributed by atoms with E-state index in [2.05, 4.69) is 27.1 Å². The maximum Gasteiger partial charge on any atom is 0.224 e. The maximum absolute atomic E-state index is 5.94. The van der Waals surface area contributed by atoms with Gasteiger partial charge in [-0.2, -0.15) is 0 Å². The molecule has 0 saturated carbocycles. The van der Waals surface area contributed by atoms with Crippen molar-refractivity contribution in [1.82, 2.24) is 14.9 Å². The standard InChI is InChI=1S/C14H23ClN4O/c1-2-4-12-11-13(18-14(15)17-12)16-5-3-6-19-7-9-20-10-8-19/h11H,2-10H2,1H3,(H,16,17,18). The summed E-state index contributed by atoms with van der Waals surface area (Å²) >= 11 is 5.94. The lowest BCUT2D eigenvalue weighted by Crippen LogP contribution is -2.37. The van der Waals surface area contributed by atoms with Crippen LogP contribution in [0.3, 0.4) is 0 Å². The lowest BCUT2D eigenvalue weighted by Gasteiger charge is -2.26. The van der Waals surface area contributed by atoms with Gasteiger partial charge in [-0.15, -0.1) is 0 Å². The molecule has 2 heterocycles. The topological polar surface area (TPSA) is 50.3 Å². The Morgan fingerprint density at radius 2 is 2.15 bits per heavy atom. The van der Waals surface area contributed by atoms with E-state index in [1.807, 2.05) is 6.07 Å². The highest BCUT2D eigenvalue weighted by molar-refractivity contribution is 6.28. The van der Waals surface area contributed by atoms with Crippen molar-refractivity contribution in [2.45, 2.75) is 26.2 Å². The SMILES string of the molecule is CCCc1cc(NCCCN2CCOCC2)nc(Cl)n1. The van der Waals surface area contributed by atoms with Gasteiger partial charge in [0, 0.05) is 31.4 Å². The lowest BCUT2D eigenvalue weighted by atomic mass is 10.2. The molecule has 0 amide bonds. The molecule has 1 aromatic heterocycles. The van der Waals surface area contributed by atoms with E-state index < -0.39 is 0 Å². The van der Waals surface area contributed by atoms with Crippen LogP contribution in [0.15, 0.2) is 6.07 Å². The van der Waals surface area contributed by atoms with E-state index in [-0.39, 0.29) is 0 Å². The van der Waals surface area contributed by atoms with Gasteiger partial charge in [0.25, 0.3) is 0 Å². The average Bonchev–Trinajstić information content (AvgIpc) is 2.45. The van der Waals surface area contributed by atoms with Crippen molar-refractivity contribution >= 4 is 17.4 Å². The molecule has 0 aromatic carbocycles. The van der Waals surface area contributed by atoms with E-state index >= 15 is 0 Å². The van der Waals surface area contributed by atoms with E-state index in [0.29, 0.717) is 5.28 Å². The smallest absolute Gasteiger partial charge is 0.224 e. The van der Waals surface area contributed by atoms with Crippen molar-refractivity contribution in [2.24, 2.45) is 0 Å². The minimum atomic E-state index is 0.326. The summed E-state index contributed by atoms with van der Waals surface area (Å²) in [5.41, 5.74) is 1.00. The largest absolute Gasteiger partial charge is 0.379 e. The summed E-state index contributed by atoms with van der Waals surface area (Å²) in [6.07, 6.45) is 3.08. The van der Waals surface area contributed by atoms with Crippen LogP contribution >= 0.6 is 11.6 Å². The minimum Gasteiger partial charge on any atom is -0.379 e. The first-order valence-corrected chi connectivity index (χ1v) is 7.73. The highest BCUT2D eigenvalue weighted by Gasteiger charge is 2.09. The maximum atomic E-state index is 5.94. The number of hydrogen-bond donors (Lipinski definition) is 1. The van der Waals surface area contributed by atoms with Gasteiger partial charge >= 0.3 is 0 Å². The van der Waals surface area contributed by atoms with Gasteiger partial charge in [-0.25, -0.2) is 9.97 Å². The van der Waals surface area contributed by atoms with Gasteiger partial charge in [0.15, 0.2) is 0 Å². The zero-order chi connectivity index (χ0) is 14.2. The third kappa shape index (κ3) is 5.23. The van der Waals surface area contributed by atoms with Crippen LogP contribution in [0.5, 0.6) is 0 Å². The number of rotatable bonds is 7. The fraction of sp³-hybridized carbons (Fsp3) is 0.714. The first kappa shape index (κ1) is 15.5. The third-order valence-electron chi connectivity index (χ3n) is 3.32. The van der Waals surface area contributed by atoms with E-state index in [9.17, 15) is 0 Å². The number of ether oxygens (including phenoxy) is 1. The Labute approximate surface area is 125 Å². The summed E-state index contributed by atoms with van der Waals surface area (Å²) < 4.78 is 5.34. The quantitative estimate of drug-likeness (QED) is 0.618. The highest BCUT2D eigenvalue weighted by atomic mass is 35.5. The molecule has 0 unspecified atom stereocenters. The molecule has 1 aliphatic heterocycles. The fourth-order valence-electron chi connectivity index (χ4n) is 2.28. The van der Waals surface area contributed by atoms with Crippen LogP contribution in [0.25, 0.3) is 0 Å². The molecule has 0 bridgehead atoms. The van der Waals surface area contributed by atoms with Crippen molar-refractivity contribution in [3.63, 3.8) is 0 Å². The van der Waals surface area contributed by atoms with Crippen molar-refractivity contribution < 1.29 is 4.74 Å². The molecule has 1 fully saturated rings. The summed E-state index contributed by atoms with van der Waals surface area (Å²) in [6.45, 7) is 7.92. The molecule has 0 aliphatic carbocycles. The Balaban J connectivity index is 1.72. The molecular formula is C14H23ClN4O. The van der Waals surface area contributed by atoms with Crippen LogP contribution in [0, 0.1) is 0 Å². The second-order valence-corrected chi connectivity index (χ2v) is 5.34. The predicted molar refractivity (Wildman–Crippen MR) is 81.4 cm³/mol. The molecule has 112 valence electrons. The molecule has 0 atom stereocenters. The van der Waals surface area contributed by atoms with Gasteiger partial charge < -0.3 is 10.1 Å². The highest BCUT2D eigenvalue weighted by Crippen LogP contribution is 2.12. The molecule has 1 aliphatic rings. The zero-order valence-electron chi connectivity index (χ0n) is 12.1. The number of morpholine rings is 1. The molecule has 0 radical (unpaired) electrons. The van der Waals surface area contributed by atoms with Crippen molar-refractivity contribution in [3.05, 3.63) is 17.0 Å². The number of halogens is 1. The minimum absolute atomic E-state index is 0.326. The van der Waals surface area contributed by atoms with Crippen LogP contribution < -0.4 is 5.32 Å². The van der Waals surface area contributed by atoms with Crippen LogP contribution in [-0.2, 0) is 11.2 Å². The molecule has 1 aromatic rings. The third-order valence-corrected chi connectivity index (χ3v) is 3.49. The number of aryl methyl sites for hydroxylation is 1. The van der Waals surface area contributed by atoms with E-state index in [1.54, 1.807) is 0 Å². The second kappa shape index (κ2) is 8.39. The van der Waals surface area contributed by atoms with Gasteiger partial charge in [0.05, 0.1) is 13.2 Å². The lowest BCUT2D eigenvalue weighted by molar-refractivity contribution is 0.0378. The first-order valence-electron chi connectivity index (χ1n) is 7.35.